The van der Waals surface area contributed by atoms with Gasteiger partial charge in [-0.25, -0.2) is 13.1 Å². The van der Waals surface area contributed by atoms with E-state index in [0.29, 0.717) is 19.8 Å². The fourth-order valence-corrected chi connectivity index (χ4v) is 3.17. The van der Waals surface area contributed by atoms with Gasteiger partial charge in [-0.1, -0.05) is 39.0 Å². The van der Waals surface area contributed by atoms with Crippen molar-refractivity contribution >= 4 is 10.0 Å². The van der Waals surface area contributed by atoms with Crippen LogP contribution < -0.4 is 4.72 Å². The highest BCUT2D eigenvalue weighted by atomic mass is 32.2. The maximum absolute atomic E-state index is 11.8. The third kappa shape index (κ3) is 16.2. The van der Waals surface area contributed by atoms with Crippen molar-refractivity contribution in [2.24, 2.45) is 0 Å². The maximum Gasteiger partial charge on any atom is 0.211 e. The van der Waals surface area contributed by atoms with E-state index in [0.717, 1.165) is 36.7 Å². The van der Waals surface area contributed by atoms with Gasteiger partial charge in [0.05, 0.1) is 33.5 Å². The van der Waals surface area contributed by atoms with Crippen LogP contribution in [0.25, 0.3) is 0 Å². The number of hydrogen-bond donors (Lipinski definition) is 1. The van der Waals surface area contributed by atoms with Crippen LogP contribution in [0.3, 0.4) is 0 Å². The van der Waals surface area contributed by atoms with Crippen molar-refractivity contribution in [3.63, 3.8) is 0 Å². The van der Waals surface area contributed by atoms with Crippen LogP contribution in [0, 0.1) is 0 Å². The van der Waals surface area contributed by atoms with E-state index in [1.807, 2.05) is 0 Å². The smallest absolute Gasteiger partial charge is 0.211 e. The Labute approximate surface area is 138 Å². The molecule has 0 spiro atoms. The average Bonchev–Trinajstić information content (AvgIpc) is 2.40. The van der Waals surface area contributed by atoms with Crippen LogP contribution in [0.5, 0.6) is 0 Å². The van der Waals surface area contributed by atoms with Crippen LogP contribution in [-0.2, 0) is 14.8 Å². The molecule has 22 heavy (non-hydrogen) atoms. The van der Waals surface area contributed by atoms with Crippen molar-refractivity contribution in [3.8, 4) is 0 Å². The van der Waals surface area contributed by atoms with Crippen LogP contribution in [0.2, 0.25) is 0 Å². The molecule has 134 valence electrons. The molecule has 0 unspecified atom stereocenters. The molecule has 0 heterocycles. The Bertz CT molecular complexity index is 351. The largest absolute Gasteiger partial charge is 0.376 e. The number of hydrogen-bond acceptors (Lipinski definition) is 3. The Kier molecular flexibility index (Phi) is 12.2. The summed E-state index contributed by atoms with van der Waals surface area (Å²) in [5.74, 6) is 0.251. The number of nitrogens with one attached hydrogen (secondary N) is 1. The SMILES string of the molecule is CCCCCCCCS(=O)(=O)NCCCOCC[N+](C)(C)C. The Balaban J connectivity index is 3.48. The molecule has 0 saturated heterocycles. The van der Waals surface area contributed by atoms with Crippen molar-refractivity contribution in [3.05, 3.63) is 0 Å². The number of unbranched alkanes of at least 4 members (excludes halogenated alkanes) is 5. The van der Waals surface area contributed by atoms with Crippen LogP contribution in [0.1, 0.15) is 51.9 Å². The number of ether oxygens (including phenoxy) is 1. The molecule has 0 aromatic heterocycles. The van der Waals surface area contributed by atoms with Gasteiger partial charge in [0.15, 0.2) is 0 Å². The molecular formula is C16H37N2O3S+. The first kappa shape index (κ1) is 21.8. The van der Waals surface area contributed by atoms with Crippen LogP contribution in [-0.4, -0.2) is 66.1 Å². The predicted octanol–water partition coefficient (Wildman–Crippen LogP) is 2.38. The number of likely N-dealkylation sites (N-methyl/N-ethyl adjacent to an activating group) is 1. The lowest BCUT2D eigenvalue weighted by Crippen LogP contribution is -2.37. The van der Waals surface area contributed by atoms with Crippen molar-refractivity contribution in [2.75, 3.05) is 53.2 Å². The first-order chi connectivity index (χ1) is 10.3. The van der Waals surface area contributed by atoms with Crippen molar-refractivity contribution in [1.82, 2.24) is 4.72 Å². The summed E-state index contributed by atoms with van der Waals surface area (Å²) < 4.78 is 32.6. The van der Waals surface area contributed by atoms with Crippen molar-refractivity contribution in [1.29, 1.82) is 0 Å². The van der Waals surface area contributed by atoms with E-state index in [9.17, 15) is 8.42 Å². The summed E-state index contributed by atoms with van der Waals surface area (Å²) in [5, 5.41) is 0. The Morgan fingerprint density at radius 2 is 1.55 bits per heavy atom. The van der Waals surface area contributed by atoms with E-state index < -0.39 is 10.0 Å². The van der Waals surface area contributed by atoms with Crippen LogP contribution in [0.4, 0.5) is 0 Å². The molecule has 0 aliphatic rings. The fraction of sp³-hybridized carbons (Fsp3) is 1.00. The zero-order valence-corrected chi connectivity index (χ0v) is 15.9. The highest BCUT2D eigenvalue weighted by Crippen LogP contribution is 2.05. The first-order valence-corrected chi connectivity index (χ1v) is 10.3. The lowest BCUT2D eigenvalue weighted by molar-refractivity contribution is -0.870. The molecule has 0 aromatic rings. The van der Waals surface area contributed by atoms with Crippen LogP contribution >= 0.6 is 0 Å². The second-order valence-electron chi connectivity index (χ2n) is 6.96. The highest BCUT2D eigenvalue weighted by molar-refractivity contribution is 7.89. The molecule has 0 amide bonds. The van der Waals surface area contributed by atoms with Gasteiger partial charge in [-0.15, -0.1) is 0 Å². The molecule has 0 atom stereocenters. The normalized spacial score (nSPS) is 12.7. The molecule has 1 N–H and O–H groups in total. The minimum absolute atomic E-state index is 0.251. The average molecular weight is 338 g/mol. The van der Waals surface area contributed by atoms with Crippen LogP contribution in [0.15, 0.2) is 0 Å². The second-order valence-corrected chi connectivity index (χ2v) is 8.89. The summed E-state index contributed by atoms with van der Waals surface area (Å²) in [6.45, 7) is 4.94. The lowest BCUT2D eigenvalue weighted by atomic mass is 10.1. The molecule has 0 aliphatic heterocycles. The predicted molar refractivity (Wildman–Crippen MR) is 93.5 cm³/mol. The molecule has 0 bridgehead atoms. The third-order valence-corrected chi connectivity index (χ3v) is 4.93. The van der Waals surface area contributed by atoms with E-state index in [1.54, 1.807) is 0 Å². The Hall–Kier alpha value is -0.170. The Morgan fingerprint density at radius 3 is 2.18 bits per heavy atom. The van der Waals surface area contributed by atoms with Gasteiger partial charge in [0, 0.05) is 13.2 Å². The molecule has 0 radical (unpaired) electrons. The zero-order chi connectivity index (χ0) is 16.9. The van der Waals surface area contributed by atoms with E-state index in [-0.39, 0.29) is 5.75 Å². The summed E-state index contributed by atoms with van der Waals surface area (Å²) in [4.78, 5) is 0. The van der Waals surface area contributed by atoms with Gasteiger partial charge >= 0.3 is 0 Å². The number of sulfonamides is 1. The van der Waals surface area contributed by atoms with Gasteiger partial charge in [0.25, 0.3) is 0 Å². The molecular weight excluding hydrogens is 300 g/mol. The first-order valence-electron chi connectivity index (χ1n) is 8.62. The Morgan fingerprint density at radius 1 is 0.909 bits per heavy atom. The van der Waals surface area contributed by atoms with Gasteiger partial charge < -0.3 is 9.22 Å². The molecule has 5 nitrogen and oxygen atoms in total. The van der Waals surface area contributed by atoms with E-state index in [2.05, 4.69) is 32.8 Å². The molecule has 0 fully saturated rings. The topological polar surface area (TPSA) is 55.4 Å². The minimum atomic E-state index is -3.10. The van der Waals surface area contributed by atoms with Gasteiger partial charge in [0.2, 0.25) is 10.0 Å². The zero-order valence-electron chi connectivity index (χ0n) is 15.1. The standard InChI is InChI=1S/C16H37N2O3S/c1-5-6-7-8-9-10-16-22(19,20)17-12-11-14-21-15-13-18(2,3)4/h17H,5-16H2,1-4H3/q+1. The summed E-state index contributed by atoms with van der Waals surface area (Å²) in [5.41, 5.74) is 0. The summed E-state index contributed by atoms with van der Waals surface area (Å²) in [6.07, 6.45) is 7.33. The van der Waals surface area contributed by atoms with E-state index in [1.165, 1.54) is 19.3 Å². The van der Waals surface area contributed by atoms with E-state index in [4.69, 9.17) is 4.74 Å². The van der Waals surface area contributed by atoms with E-state index >= 15 is 0 Å². The number of quaternary nitrogens is 1. The molecule has 0 aromatic carbocycles. The molecule has 0 aliphatic carbocycles. The van der Waals surface area contributed by atoms with Gasteiger partial charge in [0.1, 0.15) is 6.54 Å². The summed E-state index contributed by atoms with van der Waals surface area (Å²) >= 11 is 0. The third-order valence-electron chi connectivity index (χ3n) is 3.46. The summed E-state index contributed by atoms with van der Waals surface area (Å²) in [7, 11) is 3.28. The lowest BCUT2D eigenvalue weighted by Gasteiger charge is -2.23. The maximum atomic E-state index is 11.8. The molecule has 0 saturated carbocycles. The summed E-state index contributed by atoms with van der Waals surface area (Å²) in [6, 6.07) is 0. The quantitative estimate of drug-likeness (QED) is 0.369. The minimum Gasteiger partial charge on any atom is -0.376 e. The monoisotopic (exact) mass is 337 g/mol. The van der Waals surface area contributed by atoms with Crippen molar-refractivity contribution in [2.45, 2.75) is 51.9 Å². The van der Waals surface area contributed by atoms with Gasteiger partial charge in [-0.3, -0.25) is 0 Å². The number of nitrogens with zero attached hydrogens (tertiary/aromatic N) is 1. The van der Waals surface area contributed by atoms with Gasteiger partial charge in [-0.05, 0) is 12.8 Å². The molecule has 0 rings (SSSR count). The van der Waals surface area contributed by atoms with Crippen molar-refractivity contribution < 1.29 is 17.6 Å². The number of rotatable bonds is 15. The molecule has 6 heteroatoms. The highest BCUT2D eigenvalue weighted by Gasteiger charge is 2.09. The second kappa shape index (κ2) is 12.3. The fourth-order valence-electron chi connectivity index (χ4n) is 1.99. The van der Waals surface area contributed by atoms with Gasteiger partial charge in [-0.2, -0.15) is 0 Å².